The van der Waals surface area contributed by atoms with Crippen molar-refractivity contribution in [3.05, 3.63) is 93.4 Å². The Kier molecular flexibility index (Phi) is 8.19. The van der Waals surface area contributed by atoms with E-state index < -0.39 is 17.6 Å². The Hall–Kier alpha value is -4.08. The summed E-state index contributed by atoms with van der Waals surface area (Å²) in [6, 6.07) is 15.4. The van der Waals surface area contributed by atoms with E-state index in [1.54, 1.807) is 38.5 Å². The van der Waals surface area contributed by atoms with Gasteiger partial charge in [0.25, 0.3) is 17.7 Å². The summed E-state index contributed by atoms with van der Waals surface area (Å²) in [6.07, 6.45) is 0.562. The number of halogens is 3. The fourth-order valence-corrected chi connectivity index (χ4v) is 4.20. The summed E-state index contributed by atoms with van der Waals surface area (Å²) in [4.78, 5) is 39.2. The van der Waals surface area contributed by atoms with Gasteiger partial charge in [-0.3, -0.25) is 14.4 Å². The van der Waals surface area contributed by atoms with Crippen molar-refractivity contribution in [2.24, 2.45) is 0 Å². The first-order valence-corrected chi connectivity index (χ1v) is 12.1. The molecular formula is C27H22Cl2FN3O5. The van der Waals surface area contributed by atoms with Crippen molar-refractivity contribution in [1.29, 1.82) is 0 Å². The molecule has 3 amide bonds. The maximum atomic E-state index is 13.5. The van der Waals surface area contributed by atoms with E-state index in [9.17, 15) is 18.8 Å². The van der Waals surface area contributed by atoms with Crippen molar-refractivity contribution in [2.45, 2.75) is 6.42 Å². The van der Waals surface area contributed by atoms with Crippen LogP contribution in [0.5, 0.6) is 11.5 Å². The van der Waals surface area contributed by atoms with Gasteiger partial charge in [-0.25, -0.2) is 9.29 Å². The number of hydrogen-bond acceptors (Lipinski definition) is 6. The number of imide groups is 1. The van der Waals surface area contributed by atoms with E-state index in [0.717, 1.165) is 22.6 Å². The summed E-state index contributed by atoms with van der Waals surface area (Å²) in [6.45, 7) is 0.366. The van der Waals surface area contributed by atoms with Gasteiger partial charge >= 0.3 is 0 Å². The topological polar surface area (TPSA) is 97.0 Å². The number of methoxy groups -OCH3 is 2. The average Bonchev–Trinajstić information content (AvgIpc) is 3.13. The second-order valence-corrected chi connectivity index (χ2v) is 8.92. The number of ether oxygens (including phenoxy) is 2. The molecule has 1 aliphatic rings. The van der Waals surface area contributed by atoms with Crippen LogP contribution >= 0.6 is 23.2 Å². The lowest BCUT2D eigenvalue weighted by atomic mass is 10.1. The van der Waals surface area contributed by atoms with Gasteiger partial charge in [0.1, 0.15) is 16.5 Å². The third-order valence-corrected chi connectivity index (χ3v) is 6.37. The molecule has 8 nitrogen and oxygen atoms in total. The van der Waals surface area contributed by atoms with E-state index >= 15 is 0 Å². The van der Waals surface area contributed by atoms with Crippen molar-refractivity contribution in [2.75, 3.05) is 31.0 Å². The van der Waals surface area contributed by atoms with Gasteiger partial charge in [-0.1, -0.05) is 35.3 Å². The third kappa shape index (κ3) is 5.58. The molecule has 2 N–H and O–H groups in total. The molecule has 0 aromatic heterocycles. The number of rotatable bonds is 9. The fourth-order valence-electron chi connectivity index (χ4n) is 3.81. The number of carbonyl (C=O) groups is 3. The van der Waals surface area contributed by atoms with Crippen molar-refractivity contribution in [1.82, 2.24) is 5.32 Å². The van der Waals surface area contributed by atoms with E-state index in [2.05, 4.69) is 10.6 Å². The highest BCUT2D eigenvalue weighted by Gasteiger charge is 2.39. The average molecular weight is 558 g/mol. The number of anilines is 2. The van der Waals surface area contributed by atoms with Crippen molar-refractivity contribution in [3.63, 3.8) is 0 Å². The minimum Gasteiger partial charge on any atom is -0.493 e. The Morgan fingerprint density at radius 1 is 0.947 bits per heavy atom. The SMILES string of the molecule is COc1ccc(CCNC(=O)c2cccc(NC3=C(Cl)C(=O)N(c4ccc(F)c(Cl)c4)C3=O)c2)cc1OC. The molecule has 0 spiro atoms. The lowest BCUT2D eigenvalue weighted by molar-refractivity contribution is -0.120. The Morgan fingerprint density at radius 3 is 2.42 bits per heavy atom. The van der Waals surface area contributed by atoms with Crippen LogP contribution in [-0.2, 0) is 16.0 Å². The maximum Gasteiger partial charge on any atom is 0.283 e. The second kappa shape index (κ2) is 11.5. The zero-order valence-corrected chi connectivity index (χ0v) is 21.8. The lowest BCUT2D eigenvalue weighted by Crippen LogP contribution is -2.32. The summed E-state index contributed by atoms with van der Waals surface area (Å²) < 4.78 is 24.1. The summed E-state index contributed by atoms with van der Waals surface area (Å²) in [7, 11) is 3.11. The van der Waals surface area contributed by atoms with Crippen LogP contribution < -0.4 is 25.0 Å². The van der Waals surface area contributed by atoms with E-state index in [0.29, 0.717) is 35.7 Å². The van der Waals surface area contributed by atoms with Crippen LogP contribution in [0.15, 0.2) is 71.4 Å². The van der Waals surface area contributed by atoms with Gasteiger partial charge in [-0.2, -0.15) is 0 Å². The molecule has 3 aromatic carbocycles. The molecule has 0 bridgehead atoms. The molecule has 0 fully saturated rings. The van der Waals surface area contributed by atoms with Gasteiger partial charge in [0.15, 0.2) is 11.5 Å². The molecule has 3 aromatic rings. The van der Waals surface area contributed by atoms with E-state index in [-0.39, 0.29) is 27.3 Å². The number of nitrogens with zero attached hydrogens (tertiary/aromatic N) is 1. The first-order chi connectivity index (χ1) is 18.2. The molecule has 1 aliphatic heterocycles. The molecule has 38 heavy (non-hydrogen) atoms. The quantitative estimate of drug-likeness (QED) is 0.363. The van der Waals surface area contributed by atoms with Crippen LogP contribution in [0.25, 0.3) is 0 Å². The maximum absolute atomic E-state index is 13.5. The Morgan fingerprint density at radius 2 is 1.71 bits per heavy atom. The molecule has 0 unspecified atom stereocenters. The lowest BCUT2D eigenvalue weighted by Gasteiger charge is -2.15. The molecule has 0 saturated heterocycles. The second-order valence-electron chi connectivity index (χ2n) is 8.13. The molecule has 0 radical (unpaired) electrons. The molecule has 0 atom stereocenters. The highest BCUT2D eigenvalue weighted by Crippen LogP contribution is 2.32. The van der Waals surface area contributed by atoms with Crippen molar-refractivity contribution in [3.8, 4) is 11.5 Å². The van der Waals surface area contributed by atoms with Crippen LogP contribution in [0.3, 0.4) is 0 Å². The molecule has 0 aliphatic carbocycles. The molecule has 196 valence electrons. The molecule has 0 saturated carbocycles. The number of benzene rings is 3. The molecule has 4 rings (SSSR count). The summed E-state index contributed by atoms with van der Waals surface area (Å²) in [5.74, 6) is -1.33. The third-order valence-electron chi connectivity index (χ3n) is 5.73. The van der Waals surface area contributed by atoms with Crippen LogP contribution in [0.4, 0.5) is 15.8 Å². The van der Waals surface area contributed by atoms with Crippen LogP contribution in [-0.4, -0.2) is 38.5 Å². The zero-order chi connectivity index (χ0) is 27.4. The number of amides is 3. The highest BCUT2D eigenvalue weighted by atomic mass is 35.5. The molecule has 11 heteroatoms. The van der Waals surface area contributed by atoms with E-state index in [1.807, 2.05) is 12.1 Å². The number of carbonyl (C=O) groups excluding carboxylic acids is 3. The van der Waals surface area contributed by atoms with Crippen molar-refractivity contribution >= 4 is 52.3 Å². The Bertz CT molecular complexity index is 1460. The minimum absolute atomic E-state index is 0.0731. The Labute approximate surface area is 227 Å². The Balaban J connectivity index is 1.42. The minimum atomic E-state index is -0.786. The zero-order valence-electron chi connectivity index (χ0n) is 20.3. The van der Waals surface area contributed by atoms with Crippen molar-refractivity contribution < 1.29 is 28.2 Å². The summed E-state index contributed by atoms with van der Waals surface area (Å²) in [5.41, 5.74) is 1.55. The predicted molar refractivity (Wildman–Crippen MR) is 142 cm³/mol. The van der Waals surface area contributed by atoms with Gasteiger partial charge in [0.05, 0.1) is 24.9 Å². The normalized spacial score (nSPS) is 13.1. The van der Waals surface area contributed by atoms with Gasteiger partial charge in [0.2, 0.25) is 0 Å². The summed E-state index contributed by atoms with van der Waals surface area (Å²) >= 11 is 12.0. The van der Waals surface area contributed by atoms with Crippen LogP contribution in [0.2, 0.25) is 5.02 Å². The molecular weight excluding hydrogens is 536 g/mol. The first-order valence-electron chi connectivity index (χ1n) is 11.3. The van der Waals surface area contributed by atoms with Gasteiger partial charge in [-0.15, -0.1) is 0 Å². The number of nitrogens with one attached hydrogen (secondary N) is 2. The standard InChI is InChI=1S/C27H22Cl2FN3O5/c1-37-21-9-6-15(12-22(21)38-2)10-11-31-25(34)16-4-3-5-17(13-16)32-24-23(29)26(35)33(27(24)36)18-7-8-20(30)19(28)14-18/h3-9,12-14,32H,10-11H2,1-2H3,(H,31,34). The monoisotopic (exact) mass is 557 g/mol. The van der Waals surface area contributed by atoms with Crippen LogP contribution in [0, 0.1) is 5.82 Å². The predicted octanol–water partition coefficient (Wildman–Crippen LogP) is 4.90. The van der Waals surface area contributed by atoms with Crippen LogP contribution in [0.1, 0.15) is 15.9 Å². The largest absolute Gasteiger partial charge is 0.493 e. The van der Waals surface area contributed by atoms with E-state index in [4.69, 9.17) is 32.7 Å². The first kappa shape index (κ1) is 27.0. The van der Waals surface area contributed by atoms with Gasteiger partial charge < -0.3 is 20.1 Å². The highest BCUT2D eigenvalue weighted by molar-refractivity contribution is 6.53. The smallest absolute Gasteiger partial charge is 0.283 e. The fraction of sp³-hybridized carbons (Fsp3) is 0.148. The summed E-state index contributed by atoms with van der Waals surface area (Å²) in [5, 5.41) is 5.08. The number of hydrogen-bond donors (Lipinski definition) is 2. The van der Waals surface area contributed by atoms with Gasteiger partial charge in [0, 0.05) is 17.8 Å². The van der Waals surface area contributed by atoms with Gasteiger partial charge in [-0.05, 0) is 60.5 Å². The molecule has 1 heterocycles. The van der Waals surface area contributed by atoms with E-state index in [1.165, 1.54) is 12.1 Å².